The van der Waals surface area contributed by atoms with Crippen molar-refractivity contribution in [2.45, 2.75) is 24.7 Å². The minimum absolute atomic E-state index is 0.158. The first kappa shape index (κ1) is 41.3. The van der Waals surface area contributed by atoms with Gasteiger partial charge in [-0.3, -0.25) is 0 Å². The van der Waals surface area contributed by atoms with Crippen LogP contribution < -0.4 is 14.4 Å². The SMILES string of the molecule is CC1(C)c2ccccc2-c2ccc(N(c3ccc(-c4cccc5c4Oc4c(ccc6c4-c4ccccc4C64c6ccccc6-c6ccccc64)O5)cc3)c3ccc(-c4cccc5c4oc4ccccc45)cc3)cc21. The lowest BCUT2D eigenvalue weighted by Gasteiger charge is -2.31. The fourth-order valence-corrected chi connectivity index (χ4v) is 13.3. The summed E-state index contributed by atoms with van der Waals surface area (Å²) in [5, 5.41) is 2.25. The Kier molecular flexibility index (Phi) is 8.41. The van der Waals surface area contributed by atoms with Crippen LogP contribution in [0.2, 0.25) is 0 Å². The van der Waals surface area contributed by atoms with Gasteiger partial charge in [0.1, 0.15) is 11.2 Å². The van der Waals surface area contributed by atoms with E-state index in [1.165, 1.54) is 61.2 Å². The molecule has 4 aliphatic rings. The van der Waals surface area contributed by atoms with Crippen molar-refractivity contribution in [3.05, 3.63) is 270 Å². The van der Waals surface area contributed by atoms with E-state index in [0.29, 0.717) is 17.2 Å². The lowest BCUT2D eigenvalue weighted by molar-refractivity contribution is 0.361. The summed E-state index contributed by atoms with van der Waals surface area (Å²) in [5.74, 6) is 2.86. The van der Waals surface area contributed by atoms with Crippen molar-refractivity contribution in [3.63, 3.8) is 0 Å². The van der Waals surface area contributed by atoms with Gasteiger partial charge in [0.25, 0.3) is 0 Å². The van der Waals surface area contributed by atoms with E-state index in [2.05, 4.69) is 237 Å². The average molecular weight is 948 g/mol. The highest BCUT2D eigenvalue weighted by molar-refractivity contribution is 6.09. The summed E-state index contributed by atoms with van der Waals surface area (Å²) in [6.07, 6.45) is 0. The van der Waals surface area contributed by atoms with Crippen LogP contribution in [0, 0.1) is 0 Å². The summed E-state index contributed by atoms with van der Waals surface area (Å²) in [4.78, 5) is 2.38. The van der Waals surface area contributed by atoms with Crippen molar-refractivity contribution in [2.24, 2.45) is 0 Å². The third-order valence-electron chi connectivity index (χ3n) is 16.6. The molecule has 3 aliphatic carbocycles. The summed E-state index contributed by atoms with van der Waals surface area (Å²) in [6.45, 7) is 4.69. The van der Waals surface area contributed by atoms with Gasteiger partial charge >= 0.3 is 0 Å². The minimum Gasteiger partial charge on any atom is -0.455 e. The predicted octanol–water partition coefficient (Wildman–Crippen LogP) is 18.9. The van der Waals surface area contributed by atoms with Gasteiger partial charge in [-0.1, -0.05) is 196 Å². The lowest BCUT2D eigenvalue weighted by atomic mass is 9.70. The Bertz CT molecular complexity index is 4300. The highest BCUT2D eigenvalue weighted by Gasteiger charge is 2.53. The first-order valence-corrected chi connectivity index (χ1v) is 25.6. The number of hydrogen-bond donors (Lipinski definition) is 0. The molecule has 0 fully saturated rings. The monoisotopic (exact) mass is 947 g/mol. The van der Waals surface area contributed by atoms with E-state index in [0.717, 1.165) is 72.6 Å². The molecule has 0 unspecified atom stereocenters. The molecular formula is C70H45NO3. The highest BCUT2D eigenvalue weighted by Crippen LogP contribution is 2.67. The van der Waals surface area contributed by atoms with Crippen molar-refractivity contribution in [3.8, 4) is 78.6 Å². The van der Waals surface area contributed by atoms with E-state index in [1.807, 2.05) is 18.2 Å². The van der Waals surface area contributed by atoms with Crippen LogP contribution in [0.3, 0.4) is 0 Å². The topological polar surface area (TPSA) is 34.8 Å². The zero-order valence-electron chi connectivity index (χ0n) is 40.7. The molecule has 1 aliphatic heterocycles. The lowest BCUT2D eigenvalue weighted by Crippen LogP contribution is -2.25. The second kappa shape index (κ2) is 15.1. The van der Waals surface area contributed by atoms with Crippen LogP contribution in [-0.4, -0.2) is 0 Å². The molecule has 16 rings (SSSR count). The number of furan rings is 1. The van der Waals surface area contributed by atoms with Crippen LogP contribution in [-0.2, 0) is 10.8 Å². The van der Waals surface area contributed by atoms with Crippen molar-refractivity contribution in [2.75, 3.05) is 4.90 Å². The summed E-state index contributed by atoms with van der Waals surface area (Å²) in [7, 11) is 0. The van der Waals surface area contributed by atoms with Gasteiger partial charge in [-0.25, -0.2) is 0 Å². The zero-order valence-corrected chi connectivity index (χ0v) is 40.7. The molecule has 0 bridgehead atoms. The Morgan fingerprint density at radius 1 is 0.338 bits per heavy atom. The van der Waals surface area contributed by atoms with Crippen LogP contribution in [0.5, 0.6) is 23.0 Å². The zero-order chi connectivity index (χ0) is 48.9. The molecule has 0 atom stereocenters. The second-order valence-corrected chi connectivity index (χ2v) is 20.6. The van der Waals surface area contributed by atoms with Crippen LogP contribution in [0.4, 0.5) is 17.1 Å². The number of ether oxygens (including phenoxy) is 2. The maximum Gasteiger partial charge on any atom is 0.178 e. The largest absolute Gasteiger partial charge is 0.455 e. The van der Waals surface area contributed by atoms with Gasteiger partial charge in [0, 0.05) is 49.9 Å². The third kappa shape index (κ3) is 5.52. The first-order valence-electron chi connectivity index (χ1n) is 25.6. The van der Waals surface area contributed by atoms with Crippen LogP contribution in [0.1, 0.15) is 47.2 Å². The number of benzene rings is 11. The summed E-state index contributed by atoms with van der Waals surface area (Å²) in [5.41, 5.74) is 23.6. The molecule has 2 heterocycles. The molecule has 0 radical (unpaired) electrons. The second-order valence-electron chi connectivity index (χ2n) is 20.6. The Morgan fingerprint density at radius 2 is 0.851 bits per heavy atom. The van der Waals surface area contributed by atoms with Crippen molar-refractivity contribution < 1.29 is 13.9 Å². The minimum atomic E-state index is -0.486. The van der Waals surface area contributed by atoms with Crippen molar-refractivity contribution in [1.82, 2.24) is 0 Å². The number of hydrogen-bond acceptors (Lipinski definition) is 4. The number of anilines is 3. The Morgan fingerprint density at radius 3 is 1.57 bits per heavy atom. The molecule has 4 nitrogen and oxygen atoms in total. The molecule has 1 spiro atoms. The maximum absolute atomic E-state index is 7.30. The third-order valence-corrected chi connectivity index (χ3v) is 16.6. The number of rotatable bonds is 5. The molecule has 74 heavy (non-hydrogen) atoms. The number of para-hydroxylation sites is 3. The van der Waals surface area contributed by atoms with Crippen LogP contribution in [0.25, 0.3) is 77.6 Å². The van der Waals surface area contributed by atoms with Gasteiger partial charge in [0.2, 0.25) is 0 Å². The summed E-state index contributed by atoms with van der Waals surface area (Å²) < 4.78 is 20.7. The Hall–Kier alpha value is -9.38. The first-order chi connectivity index (χ1) is 36.4. The van der Waals surface area contributed by atoms with E-state index in [1.54, 1.807) is 0 Å². The average Bonchev–Trinajstić information content (AvgIpc) is 4.18. The van der Waals surface area contributed by atoms with Gasteiger partial charge in [-0.15, -0.1) is 0 Å². The van der Waals surface area contributed by atoms with E-state index < -0.39 is 5.41 Å². The van der Waals surface area contributed by atoms with E-state index in [9.17, 15) is 0 Å². The fraction of sp³-hybridized carbons (Fsp3) is 0.0571. The quantitative estimate of drug-likeness (QED) is 0.172. The van der Waals surface area contributed by atoms with Crippen LogP contribution >= 0.6 is 0 Å². The number of nitrogens with zero attached hydrogens (tertiary/aromatic N) is 1. The molecule has 0 amide bonds. The van der Waals surface area contributed by atoms with Crippen molar-refractivity contribution in [1.29, 1.82) is 0 Å². The molecule has 11 aromatic carbocycles. The van der Waals surface area contributed by atoms with Gasteiger partial charge < -0.3 is 18.8 Å². The standard InChI is InChI=1S/C70H45NO3/c1-69(2)56-23-8-3-15-49(56)52-38-37-46(41-61(52)69)71(44-33-29-42(30-34-44)47-20-13-22-54-53-18-7-12-27-62(53)73-66(47)54)45-35-31-43(32-36-45)48-21-14-28-63-67(48)74-68-64(72-63)40-39-60-65(68)55-19-6-11-26-59(55)70(60)57-24-9-4-16-50(57)51-17-5-10-25-58(51)70/h3-41H,1-2H3. The van der Waals surface area contributed by atoms with E-state index in [-0.39, 0.29) is 5.41 Å². The normalized spacial score (nSPS) is 14.2. The molecule has 0 N–H and O–H groups in total. The van der Waals surface area contributed by atoms with Gasteiger partial charge in [0.05, 0.1) is 5.41 Å². The molecule has 4 heteroatoms. The van der Waals surface area contributed by atoms with Gasteiger partial charge in [0.15, 0.2) is 23.0 Å². The molecule has 1 aromatic heterocycles. The summed E-state index contributed by atoms with van der Waals surface area (Å²) >= 11 is 0. The number of fused-ring (bicyclic) bond motifs is 19. The van der Waals surface area contributed by atoms with E-state index in [4.69, 9.17) is 13.9 Å². The van der Waals surface area contributed by atoms with Gasteiger partial charge in [-0.05, 0) is 127 Å². The van der Waals surface area contributed by atoms with E-state index >= 15 is 0 Å². The molecule has 12 aromatic rings. The van der Waals surface area contributed by atoms with Crippen LogP contribution in [0.15, 0.2) is 241 Å². The van der Waals surface area contributed by atoms with Gasteiger partial charge in [-0.2, -0.15) is 0 Å². The Labute approximate surface area is 429 Å². The van der Waals surface area contributed by atoms with Crippen molar-refractivity contribution >= 4 is 39.0 Å². The maximum atomic E-state index is 7.30. The summed E-state index contributed by atoms with van der Waals surface area (Å²) in [6, 6.07) is 85.5. The predicted molar refractivity (Wildman–Crippen MR) is 300 cm³/mol. The highest BCUT2D eigenvalue weighted by atomic mass is 16.6. The molecule has 348 valence electrons. The Balaban J connectivity index is 0.803. The smallest absolute Gasteiger partial charge is 0.178 e. The molecule has 0 saturated heterocycles. The molecular weight excluding hydrogens is 903 g/mol. The molecule has 0 saturated carbocycles. The fourth-order valence-electron chi connectivity index (χ4n) is 13.3.